The number of nitrogens with zero attached hydrogens (tertiary/aromatic N) is 1. The van der Waals surface area contributed by atoms with Crippen LogP contribution >= 0.6 is 0 Å². The van der Waals surface area contributed by atoms with Crippen LogP contribution in [-0.2, 0) is 52.9 Å². The van der Waals surface area contributed by atoms with Crippen molar-refractivity contribution in [1.82, 2.24) is 26.2 Å². The molecule has 0 spiro atoms. The van der Waals surface area contributed by atoms with Gasteiger partial charge in [0.25, 0.3) is 0 Å². The number of phenols is 1. The van der Waals surface area contributed by atoms with Crippen LogP contribution < -0.4 is 21.3 Å². The molecule has 0 aliphatic rings. The highest BCUT2D eigenvalue weighted by Crippen LogP contribution is 2.14. The van der Waals surface area contributed by atoms with Crippen molar-refractivity contribution < 1.29 is 43.3 Å². The molecule has 0 unspecified atom stereocenters. The third-order valence-corrected chi connectivity index (χ3v) is 8.07. The minimum Gasteiger partial charge on any atom is -0.508 e. The maximum atomic E-state index is 13.7. The number of esters is 1. The molecule has 3 aromatic carbocycles. The number of hydrogen-bond acceptors (Lipinski definition) is 9. The summed E-state index contributed by atoms with van der Waals surface area (Å²) in [4.78, 5) is 80.0. The number of rotatable bonds is 18. The van der Waals surface area contributed by atoms with E-state index in [1.807, 2.05) is 50.2 Å². The molecule has 3 rings (SSSR count). The number of amides is 5. The molecule has 0 aromatic heterocycles. The van der Waals surface area contributed by atoms with E-state index in [1.54, 1.807) is 57.2 Å². The highest BCUT2D eigenvalue weighted by molar-refractivity contribution is 5.93. The summed E-state index contributed by atoms with van der Waals surface area (Å²) < 4.78 is 10.8. The fourth-order valence-corrected chi connectivity index (χ4v) is 5.34. The SMILES string of the molecule is CC(C)C[C@H](NC(=O)[C@H](Cc1ccccc1)NC(=O)CN(C)C(=O)CNC(=O)[C@H](Cc1ccc(O)cc1)NC(=O)OC(C)(C)C)C(=O)OCc1ccccc1. The predicted molar refractivity (Wildman–Crippen MR) is 205 cm³/mol. The van der Waals surface area contributed by atoms with Crippen molar-refractivity contribution in [2.45, 2.75) is 84.2 Å². The normalized spacial score (nSPS) is 12.7. The highest BCUT2D eigenvalue weighted by atomic mass is 16.6. The largest absolute Gasteiger partial charge is 0.508 e. The summed E-state index contributed by atoms with van der Waals surface area (Å²) in [5.74, 6) is -3.08. The Bertz CT molecular complexity index is 1730. The van der Waals surface area contributed by atoms with Crippen molar-refractivity contribution in [3.8, 4) is 5.75 Å². The second-order valence-electron chi connectivity index (χ2n) is 14.6. The fraction of sp³-hybridized carbons (Fsp3) is 0.415. The molecule has 0 heterocycles. The van der Waals surface area contributed by atoms with E-state index in [1.165, 1.54) is 19.2 Å². The van der Waals surface area contributed by atoms with Gasteiger partial charge in [0.1, 0.15) is 36.1 Å². The molecule has 5 N–H and O–H groups in total. The number of hydrogen-bond donors (Lipinski definition) is 5. The van der Waals surface area contributed by atoms with Crippen molar-refractivity contribution in [3.63, 3.8) is 0 Å². The zero-order valence-electron chi connectivity index (χ0n) is 32.3. The van der Waals surface area contributed by atoms with Crippen LogP contribution in [0, 0.1) is 5.92 Å². The monoisotopic (exact) mass is 759 g/mol. The van der Waals surface area contributed by atoms with Gasteiger partial charge >= 0.3 is 12.1 Å². The van der Waals surface area contributed by atoms with Crippen LogP contribution in [0.5, 0.6) is 5.75 Å². The average molecular weight is 760 g/mol. The van der Waals surface area contributed by atoms with Crippen molar-refractivity contribution in [3.05, 3.63) is 102 Å². The van der Waals surface area contributed by atoms with Gasteiger partial charge in [0, 0.05) is 19.9 Å². The van der Waals surface area contributed by atoms with Gasteiger partial charge in [-0.15, -0.1) is 0 Å². The van der Waals surface area contributed by atoms with Gasteiger partial charge in [-0.2, -0.15) is 0 Å². The first-order chi connectivity index (χ1) is 26.0. The molecular weight excluding hydrogens is 706 g/mol. The van der Waals surface area contributed by atoms with Crippen LogP contribution in [0.15, 0.2) is 84.9 Å². The zero-order chi connectivity index (χ0) is 40.5. The molecule has 0 bridgehead atoms. The molecule has 0 saturated carbocycles. The van der Waals surface area contributed by atoms with Gasteiger partial charge in [-0.3, -0.25) is 19.2 Å². The number of aromatic hydroxyl groups is 1. The van der Waals surface area contributed by atoms with Crippen LogP contribution in [0.1, 0.15) is 57.7 Å². The standard InChI is InChI=1S/C41H53N5O9/c1-27(2)21-34(39(52)54-26-30-15-11-8-12-16-30)44-38(51)33(22-28-13-9-7-10-14-28)43-35(48)25-46(6)36(49)24-42-37(50)32(45-40(53)55-41(3,4)5)23-29-17-19-31(47)20-18-29/h7-20,27,32-34,47H,21-26H2,1-6H3,(H,42,50)(H,43,48)(H,44,51)(H,45,53)/t32-,33-,34-/m0/s1. The van der Waals surface area contributed by atoms with Crippen molar-refractivity contribution in [2.24, 2.45) is 5.92 Å². The Morgan fingerprint density at radius 1 is 0.709 bits per heavy atom. The van der Waals surface area contributed by atoms with E-state index in [2.05, 4.69) is 21.3 Å². The van der Waals surface area contributed by atoms with Gasteiger partial charge in [0.05, 0.1) is 13.1 Å². The zero-order valence-corrected chi connectivity index (χ0v) is 32.3. The lowest BCUT2D eigenvalue weighted by molar-refractivity contribution is -0.150. The van der Waals surface area contributed by atoms with Gasteiger partial charge < -0.3 is 40.7 Å². The van der Waals surface area contributed by atoms with Gasteiger partial charge in [-0.1, -0.05) is 86.6 Å². The molecular formula is C41H53N5O9. The van der Waals surface area contributed by atoms with Gasteiger partial charge in [-0.05, 0) is 61.9 Å². The van der Waals surface area contributed by atoms with Crippen molar-refractivity contribution in [1.29, 1.82) is 0 Å². The molecule has 3 aromatic rings. The van der Waals surface area contributed by atoms with Gasteiger partial charge in [0.2, 0.25) is 23.6 Å². The first-order valence-electron chi connectivity index (χ1n) is 18.1. The average Bonchev–Trinajstić information content (AvgIpc) is 3.12. The van der Waals surface area contributed by atoms with Crippen LogP contribution in [0.4, 0.5) is 4.79 Å². The van der Waals surface area contributed by atoms with Crippen molar-refractivity contribution >= 4 is 35.7 Å². The molecule has 0 fully saturated rings. The van der Waals surface area contributed by atoms with Crippen LogP contribution in [0.3, 0.4) is 0 Å². The van der Waals surface area contributed by atoms with E-state index in [0.717, 1.165) is 16.0 Å². The number of ether oxygens (including phenoxy) is 2. The second kappa shape index (κ2) is 21.1. The number of benzene rings is 3. The number of alkyl carbamates (subject to hydrolysis) is 1. The summed E-state index contributed by atoms with van der Waals surface area (Å²) in [6.45, 7) is 7.94. The van der Waals surface area contributed by atoms with Crippen LogP contribution in [0.2, 0.25) is 0 Å². The second-order valence-corrected chi connectivity index (χ2v) is 14.6. The first-order valence-corrected chi connectivity index (χ1v) is 18.1. The Morgan fingerprint density at radius 3 is 1.82 bits per heavy atom. The van der Waals surface area contributed by atoms with Crippen LogP contribution in [-0.4, -0.2) is 89.6 Å². The number of carbonyl (C=O) groups excluding carboxylic acids is 6. The van der Waals surface area contributed by atoms with E-state index >= 15 is 0 Å². The first kappa shape index (κ1) is 43.5. The number of carbonyl (C=O) groups is 6. The lowest BCUT2D eigenvalue weighted by atomic mass is 10.0. The summed E-state index contributed by atoms with van der Waals surface area (Å²) in [6.07, 6.45) is -0.393. The van der Waals surface area contributed by atoms with E-state index in [4.69, 9.17) is 9.47 Å². The lowest BCUT2D eigenvalue weighted by Crippen LogP contribution is -2.55. The van der Waals surface area contributed by atoms with Crippen LogP contribution in [0.25, 0.3) is 0 Å². The van der Waals surface area contributed by atoms with E-state index in [9.17, 15) is 33.9 Å². The molecule has 14 heteroatoms. The third kappa shape index (κ3) is 16.3. The number of likely N-dealkylation sites (N-methyl/N-ethyl adjacent to an activating group) is 1. The summed E-state index contributed by atoms with van der Waals surface area (Å²) in [6, 6.07) is 21.1. The molecule has 3 atom stereocenters. The molecule has 14 nitrogen and oxygen atoms in total. The Kier molecular flexibility index (Phi) is 16.7. The number of phenolic OH excluding ortho intramolecular Hbond substituents is 1. The van der Waals surface area contributed by atoms with E-state index in [0.29, 0.717) is 12.0 Å². The Hall–Kier alpha value is -5.92. The van der Waals surface area contributed by atoms with Gasteiger partial charge in [-0.25, -0.2) is 9.59 Å². The van der Waals surface area contributed by atoms with Crippen molar-refractivity contribution in [2.75, 3.05) is 20.1 Å². The number of nitrogens with one attached hydrogen (secondary N) is 4. The maximum Gasteiger partial charge on any atom is 0.408 e. The summed E-state index contributed by atoms with van der Waals surface area (Å²) in [7, 11) is 1.37. The fourth-order valence-electron chi connectivity index (χ4n) is 5.34. The Morgan fingerprint density at radius 2 is 1.25 bits per heavy atom. The van der Waals surface area contributed by atoms with E-state index in [-0.39, 0.29) is 31.1 Å². The highest BCUT2D eigenvalue weighted by Gasteiger charge is 2.30. The summed E-state index contributed by atoms with van der Waals surface area (Å²) >= 11 is 0. The third-order valence-electron chi connectivity index (χ3n) is 8.07. The molecule has 5 amide bonds. The Labute approximate surface area is 322 Å². The molecule has 296 valence electrons. The molecule has 0 radical (unpaired) electrons. The minimum absolute atomic E-state index is 0.0316. The molecule has 0 aliphatic carbocycles. The molecule has 55 heavy (non-hydrogen) atoms. The van der Waals surface area contributed by atoms with E-state index < -0.39 is 72.5 Å². The quantitative estimate of drug-likeness (QED) is 0.121. The van der Waals surface area contributed by atoms with Gasteiger partial charge in [0.15, 0.2) is 0 Å². The Balaban J connectivity index is 1.64. The smallest absolute Gasteiger partial charge is 0.408 e. The minimum atomic E-state index is -1.13. The molecule has 0 aliphatic heterocycles. The summed E-state index contributed by atoms with van der Waals surface area (Å²) in [5, 5.41) is 20.1. The summed E-state index contributed by atoms with van der Waals surface area (Å²) in [5.41, 5.74) is 1.35. The topological polar surface area (TPSA) is 192 Å². The molecule has 0 saturated heterocycles. The maximum absolute atomic E-state index is 13.7. The predicted octanol–water partition coefficient (Wildman–Crippen LogP) is 3.40. The lowest BCUT2D eigenvalue weighted by Gasteiger charge is -2.25.